The van der Waals surface area contributed by atoms with E-state index >= 15 is 0 Å². The highest BCUT2D eigenvalue weighted by atomic mass is 16.5. The minimum absolute atomic E-state index is 0.0353. The van der Waals surface area contributed by atoms with Gasteiger partial charge in [0.1, 0.15) is 5.69 Å². The van der Waals surface area contributed by atoms with Crippen molar-refractivity contribution in [2.45, 2.75) is 18.9 Å². The molecule has 0 N–H and O–H groups in total. The van der Waals surface area contributed by atoms with E-state index in [1.165, 1.54) is 6.20 Å². The molecule has 2 heterocycles. The van der Waals surface area contributed by atoms with E-state index in [9.17, 15) is 4.79 Å². The van der Waals surface area contributed by atoms with Crippen molar-refractivity contribution in [3.8, 4) is 0 Å². The predicted molar refractivity (Wildman–Crippen MR) is 75.5 cm³/mol. The Morgan fingerprint density at radius 3 is 2.65 bits per heavy atom. The van der Waals surface area contributed by atoms with Gasteiger partial charge in [-0.15, -0.1) is 0 Å². The van der Waals surface area contributed by atoms with Gasteiger partial charge in [0.05, 0.1) is 6.20 Å². The number of rotatable bonds is 5. The van der Waals surface area contributed by atoms with Crippen LogP contribution in [0.5, 0.6) is 0 Å². The lowest BCUT2D eigenvalue weighted by molar-refractivity contribution is 0.0272. The first-order valence-corrected chi connectivity index (χ1v) is 6.98. The molecule has 6 heteroatoms. The summed E-state index contributed by atoms with van der Waals surface area (Å²) >= 11 is 0. The molecule has 20 heavy (non-hydrogen) atoms. The molecule has 2 rings (SSSR count). The summed E-state index contributed by atoms with van der Waals surface area (Å²) in [5.41, 5.74) is 0.415. The third-order valence-electron chi connectivity index (χ3n) is 3.46. The van der Waals surface area contributed by atoms with Crippen LogP contribution in [0.25, 0.3) is 0 Å². The van der Waals surface area contributed by atoms with Crippen LogP contribution in [0.1, 0.15) is 23.3 Å². The van der Waals surface area contributed by atoms with Gasteiger partial charge in [0, 0.05) is 44.7 Å². The molecule has 0 aromatic carbocycles. The van der Waals surface area contributed by atoms with Crippen LogP contribution in [-0.4, -0.2) is 72.1 Å². The van der Waals surface area contributed by atoms with Crippen LogP contribution in [0.2, 0.25) is 0 Å². The third-order valence-corrected chi connectivity index (χ3v) is 3.46. The van der Waals surface area contributed by atoms with Gasteiger partial charge in [-0.2, -0.15) is 0 Å². The molecule has 1 aliphatic rings. The summed E-state index contributed by atoms with van der Waals surface area (Å²) < 4.78 is 5.38. The van der Waals surface area contributed by atoms with Crippen molar-refractivity contribution < 1.29 is 9.53 Å². The van der Waals surface area contributed by atoms with Crippen LogP contribution in [0.4, 0.5) is 0 Å². The summed E-state index contributed by atoms with van der Waals surface area (Å²) in [6.45, 7) is 2.98. The zero-order valence-electron chi connectivity index (χ0n) is 12.2. The van der Waals surface area contributed by atoms with Crippen LogP contribution in [0.15, 0.2) is 18.6 Å². The lowest BCUT2D eigenvalue weighted by Crippen LogP contribution is -2.46. The molecule has 1 aliphatic heterocycles. The number of likely N-dealkylation sites (N-methyl/N-ethyl adjacent to an activating group) is 1. The fourth-order valence-electron chi connectivity index (χ4n) is 2.31. The maximum atomic E-state index is 12.6. The Bertz CT molecular complexity index is 418. The molecule has 0 bridgehead atoms. The van der Waals surface area contributed by atoms with Crippen molar-refractivity contribution in [3.63, 3.8) is 0 Å². The Morgan fingerprint density at radius 1 is 1.30 bits per heavy atom. The fourth-order valence-corrected chi connectivity index (χ4v) is 2.31. The highest BCUT2D eigenvalue weighted by molar-refractivity contribution is 5.92. The van der Waals surface area contributed by atoms with Crippen LogP contribution in [0.3, 0.4) is 0 Å². The second-order valence-electron chi connectivity index (χ2n) is 5.24. The Morgan fingerprint density at radius 2 is 2.05 bits per heavy atom. The van der Waals surface area contributed by atoms with E-state index in [-0.39, 0.29) is 11.9 Å². The molecule has 0 unspecified atom stereocenters. The van der Waals surface area contributed by atoms with E-state index in [2.05, 4.69) is 14.9 Å². The third kappa shape index (κ3) is 3.98. The quantitative estimate of drug-likeness (QED) is 0.792. The minimum Gasteiger partial charge on any atom is -0.381 e. The molecular weight excluding hydrogens is 256 g/mol. The number of aromatic nitrogens is 2. The number of carbonyl (C=O) groups excluding carboxylic acids is 1. The number of hydrogen-bond donors (Lipinski definition) is 0. The summed E-state index contributed by atoms with van der Waals surface area (Å²) in [7, 11) is 4.02. The number of amides is 1. The average molecular weight is 278 g/mol. The molecule has 1 aromatic heterocycles. The second-order valence-corrected chi connectivity index (χ2v) is 5.24. The zero-order chi connectivity index (χ0) is 14.4. The van der Waals surface area contributed by atoms with Crippen LogP contribution < -0.4 is 0 Å². The van der Waals surface area contributed by atoms with Gasteiger partial charge in [0.2, 0.25) is 0 Å². The van der Waals surface area contributed by atoms with Crippen LogP contribution >= 0.6 is 0 Å². The van der Waals surface area contributed by atoms with Gasteiger partial charge in [-0.25, -0.2) is 4.98 Å². The maximum absolute atomic E-state index is 12.6. The van der Waals surface area contributed by atoms with E-state index in [1.54, 1.807) is 12.4 Å². The highest BCUT2D eigenvalue weighted by Gasteiger charge is 2.27. The monoisotopic (exact) mass is 278 g/mol. The van der Waals surface area contributed by atoms with E-state index in [4.69, 9.17) is 4.74 Å². The first-order chi connectivity index (χ1) is 9.68. The molecule has 6 nitrogen and oxygen atoms in total. The molecule has 1 aromatic rings. The summed E-state index contributed by atoms with van der Waals surface area (Å²) in [5, 5.41) is 0. The molecule has 0 aliphatic carbocycles. The van der Waals surface area contributed by atoms with Gasteiger partial charge in [0.25, 0.3) is 5.91 Å². The molecule has 1 amide bonds. The van der Waals surface area contributed by atoms with E-state index in [1.807, 2.05) is 19.0 Å². The van der Waals surface area contributed by atoms with Crippen molar-refractivity contribution in [3.05, 3.63) is 24.3 Å². The Kier molecular flexibility index (Phi) is 5.43. The van der Waals surface area contributed by atoms with Gasteiger partial charge in [-0.1, -0.05) is 0 Å². The normalized spacial score (nSPS) is 16.4. The first kappa shape index (κ1) is 14.9. The highest BCUT2D eigenvalue weighted by Crippen LogP contribution is 2.16. The first-order valence-electron chi connectivity index (χ1n) is 6.98. The fraction of sp³-hybridized carbons (Fsp3) is 0.643. The molecule has 0 atom stereocenters. The molecule has 1 fully saturated rings. The average Bonchev–Trinajstić information content (AvgIpc) is 2.49. The van der Waals surface area contributed by atoms with Crippen molar-refractivity contribution in [2.24, 2.45) is 0 Å². The molecule has 0 spiro atoms. The van der Waals surface area contributed by atoms with Gasteiger partial charge in [-0.05, 0) is 26.9 Å². The molecule has 110 valence electrons. The van der Waals surface area contributed by atoms with E-state index in [0.29, 0.717) is 12.2 Å². The summed E-state index contributed by atoms with van der Waals surface area (Å²) in [4.78, 5) is 24.7. The molecule has 0 radical (unpaired) electrons. The maximum Gasteiger partial charge on any atom is 0.274 e. The van der Waals surface area contributed by atoms with Crippen molar-refractivity contribution >= 4 is 5.91 Å². The lowest BCUT2D eigenvalue weighted by Gasteiger charge is -2.34. The van der Waals surface area contributed by atoms with Crippen molar-refractivity contribution in [1.82, 2.24) is 19.8 Å². The van der Waals surface area contributed by atoms with Gasteiger partial charge in [-0.3, -0.25) is 9.78 Å². The molecule has 1 saturated heterocycles. The van der Waals surface area contributed by atoms with Gasteiger partial charge in [0.15, 0.2) is 0 Å². The Hall–Kier alpha value is -1.53. The van der Waals surface area contributed by atoms with Crippen molar-refractivity contribution in [1.29, 1.82) is 0 Å². The van der Waals surface area contributed by atoms with E-state index < -0.39 is 0 Å². The summed E-state index contributed by atoms with van der Waals surface area (Å²) in [6, 6.07) is 0.234. The topological polar surface area (TPSA) is 58.6 Å². The lowest BCUT2D eigenvalue weighted by atomic mass is 10.1. The van der Waals surface area contributed by atoms with Crippen LogP contribution in [0, 0.1) is 0 Å². The molecular formula is C14H22N4O2. The largest absolute Gasteiger partial charge is 0.381 e. The zero-order valence-corrected chi connectivity index (χ0v) is 12.2. The summed E-state index contributed by atoms with van der Waals surface area (Å²) in [5.74, 6) is -0.0353. The Balaban J connectivity index is 2.10. The van der Waals surface area contributed by atoms with Gasteiger partial charge >= 0.3 is 0 Å². The standard InChI is InChI=1S/C14H22N4O2/c1-17(2)7-8-18(12-3-9-20-10-4-12)14(19)13-11-15-5-6-16-13/h5-6,11-12H,3-4,7-10H2,1-2H3. The van der Waals surface area contributed by atoms with E-state index in [0.717, 1.165) is 32.6 Å². The summed E-state index contributed by atoms with van der Waals surface area (Å²) in [6.07, 6.45) is 6.44. The molecule has 0 saturated carbocycles. The second kappa shape index (κ2) is 7.31. The minimum atomic E-state index is -0.0353. The predicted octanol–water partition coefficient (Wildman–Crippen LogP) is 0.659. The van der Waals surface area contributed by atoms with Gasteiger partial charge < -0.3 is 14.5 Å². The smallest absolute Gasteiger partial charge is 0.274 e. The number of nitrogens with zero attached hydrogens (tertiary/aromatic N) is 4. The number of carbonyl (C=O) groups is 1. The SMILES string of the molecule is CN(C)CCN(C(=O)c1cnccn1)C1CCOCC1. The number of hydrogen-bond acceptors (Lipinski definition) is 5. The van der Waals surface area contributed by atoms with Crippen LogP contribution in [-0.2, 0) is 4.74 Å². The van der Waals surface area contributed by atoms with Crippen molar-refractivity contribution in [2.75, 3.05) is 40.4 Å². The number of ether oxygens (including phenoxy) is 1. The Labute approximate surface area is 119 Å².